The molecule has 1 aromatic heterocycles. The number of nitrogens with zero attached hydrogens (tertiary/aromatic N) is 3. The fourth-order valence-electron chi connectivity index (χ4n) is 4.14. The summed E-state index contributed by atoms with van der Waals surface area (Å²) < 4.78 is 34.0. The van der Waals surface area contributed by atoms with E-state index in [9.17, 15) is 8.42 Å². The summed E-state index contributed by atoms with van der Waals surface area (Å²) in [5.41, 5.74) is 5.63. The number of aromatic nitrogens is 1. The Balaban J connectivity index is 1.51. The van der Waals surface area contributed by atoms with Crippen LogP contribution in [0.1, 0.15) is 22.3 Å². The molecule has 1 aliphatic rings. The second kappa shape index (κ2) is 8.84. The molecular weight excluding hydrogens is 442 g/mol. The van der Waals surface area contributed by atoms with Crippen LogP contribution in [0.5, 0.6) is 5.75 Å². The lowest BCUT2D eigenvalue weighted by molar-refractivity contribution is 0.384. The molecule has 0 saturated carbocycles. The molecule has 0 bridgehead atoms. The predicted molar refractivity (Wildman–Crippen MR) is 130 cm³/mol. The SMILES string of the molecule is COc1cccc(-c2csc(N3CCN(S(=O)(=O)c4c(C)c(C)cc(C)c4C)CC3)n2)c1. The highest BCUT2D eigenvalue weighted by atomic mass is 32.2. The molecule has 0 aliphatic carbocycles. The Morgan fingerprint density at radius 2 is 1.62 bits per heavy atom. The molecule has 170 valence electrons. The number of ether oxygens (including phenoxy) is 1. The van der Waals surface area contributed by atoms with Crippen LogP contribution in [0.25, 0.3) is 11.3 Å². The second-order valence-corrected chi connectivity index (χ2v) is 10.9. The van der Waals surface area contributed by atoms with Crippen molar-refractivity contribution in [3.8, 4) is 17.0 Å². The Bertz CT molecular complexity index is 1220. The minimum Gasteiger partial charge on any atom is -0.497 e. The van der Waals surface area contributed by atoms with Crippen LogP contribution in [0.4, 0.5) is 5.13 Å². The van der Waals surface area contributed by atoms with Gasteiger partial charge in [-0.2, -0.15) is 4.31 Å². The van der Waals surface area contributed by atoms with Gasteiger partial charge in [0.15, 0.2) is 5.13 Å². The van der Waals surface area contributed by atoms with E-state index in [1.807, 2.05) is 57.3 Å². The number of piperazine rings is 1. The summed E-state index contributed by atoms with van der Waals surface area (Å²) in [6.07, 6.45) is 0. The molecule has 1 aliphatic heterocycles. The van der Waals surface area contributed by atoms with Crippen molar-refractivity contribution in [1.82, 2.24) is 9.29 Å². The van der Waals surface area contributed by atoms with Gasteiger partial charge >= 0.3 is 0 Å². The molecule has 3 aromatic rings. The van der Waals surface area contributed by atoms with Crippen LogP contribution in [-0.2, 0) is 10.0 Å². The van der Waals surface area contributed by atoms with Crippen molar-refractivity contribution in [2.45, 2.75) is 32.6 Å². The third-order valence-corrected chi connectivity index (χ3v) is 9.34. The van der Waals surface area contributed by atoms with Crippen LogP contribution in [0.3, 0.4) is 0 Å². The number of thiazole rings is 1. The van der Waals surface area contributed by atoms with Gasteiger partial charge < -0.3 is 9.64 Å². The lowest BCUT2D eigenvalue weighted by Gasteiger charge is -2.34. The highest BCUT2D eigenvalue weighted by molar-refractivity contribution is 7.89. The maximum atomic E-state index is 13.5. The molecule has 32 heavy (non-hydrogen) atoms. The quantitative estimate of drug-likeness (QED) is 0.546. The Kier molecular flexibility index (Phi) is 6.29. The topological polar surface area (TPSA) is 62.7 Å². The van der Waals surface area contributed by atoms with Crippen LogP contribution < -0.4 is 9.64 Å². The van der Waals surface area contributed by atoms with Crippen molar-refractivity contribution in [2.75, 3.05) is 38.2 Å². The number of methoxy groups -OCH3 is 1. The van der Waals surface area contributed by atoms with Gasteiger partial charge in [0.2, 0.25) is 10.0 Å². The molecule has 6 nitrogen and oxygen atoms in total. The predicted octanol–water partition coefficient (Wildman–Crippen LogP) is 4.56. The Morgan fingerprint density at radius 1 is 0.969 bits per heavy atom. The maximum Gasteiger partial charge on any atom is 0.243 e. The van der Waals surface area contributed by atoms with Crippen LogP contribution in [0.15, 0.2) is 40.6 Å². The third kappa shape index (κ3) is 4.14. The summed E-state index contributed by atoms with van der Waals surface area (Å²) in [6.45, 7) is 9.88. The van der Waals surface area contributed by atoms with Gasteiger partial charge in [0.25, 0.3) is 0 Å². The minimum absolute atomic E-state index is 0.447. The summed E-state index contributed by atoms with van der Waals surface area (Å²) in [5.74, 6) is 0.799. The first-order valence-electron chi connectivity index (χ1n) is 10.6. The first kappa shape index (κ1) is 22.8. The normalized spacial score (nSPS) is 15.2. The maximum absolute atomic E-state index is 13.5. The van der Waals surface area contributed by atoms with Crippen molar-refractivity contribution < 1.29 is 13.2 Å². The number of anilines is 1. The molecule has 0 radical (unpaired) electrons. The molecule has 0 amide bonds. The number of hydrogen-bond acceptors (Lipinski definition) is 6. The van der Waals surface area contributed by atoms with E-state index in [4.69, 9.17) is 9.72 Å². The van der Waals surface area contributed by atoms with E-state index < -0.39 is 10.0 Å². The van der Waals surface area contributed by atoms with Crippen LogP contribution in [0, 0.1) is 27.7 Å². The van der Waals surface area contributed by atoms with Crippen molar-refractivity contribution in [1.29, 1.82) is 0 Å². The molecule has 0 atom stereocenters. The van der Waals surface area contributed by atoms with E-state index in [1.165, 1.54) is 0 Å². The average molecular weight is 472 g/mol. The molecule has 2 aromatic carbocycles. The van der Waals surface area contributed by atoms with Gasteiger partial charge in [0, 0.05) is 37.1 Å². The summed E-state index contributed by atoms with van der Waals surface area (Å²) >= 11 is 1.58. The van der Waals surface area contributed by atoms with E-state index >= 15 is 0 Å². The highest BCUT2D eigenvalue weighted by Crippen LogP contribution is 2.32. The van der Waals surface area contributed by atoms with Crippen molar-refractivity contribution in [3.63, 3.8) is 0 Å². The average Bonchev–Trinajstić information content (AvgIpc) is 3.28. The van der Waals surface area contributed by atoms with Gasteiger partial charge in [-0.3, -0.25) is 0 Å². The van der Waals surface area contributed by atoms with Gasteiger partial charge in [-0.15, -0.1) is 11.3 Å². The molecule has 0 unspecified atom stereocenters. The van der Waals surface area contributed by atoms with E-state index in [1.54, 1.807) is 22.8 Å². The largest absolute Gasteiger partial charge is 0.497 e. The van der Waals surface area contributed by atoms with Crippen molar-refractivity contribution >= 4 is 26.5 Å². The zero-order valence-corrected chi connectivity index (χ0v) is 20.8. The fraction of sp³-hybridized carbons (Fsp3) is 0.375. The van der Waals surface area contributed by atoms with Crippen LogP contribution >= 0.6 is 11.3 Å². The van der Waals surface area contributed by atoms with Gasteiger partial charge in [-0.1, -0.05) is 18.2 Å². The smallest absolute Gasteiger partial charge is 0.243 e. The minimum atomic E-state index is -3.54. The Morgan fingerprint density at radius 3 is 2.25 bits per heavy atom. The molecule has 0 spiro atoms. The van der Waals surface area contributed by atoms with Gasteiger partial charge in [-0.25, -0.2) is 13.4 Å². The number of benzene rings is 2. The van der Waals surface area contributed by atoms with Crippen molar-refractivity contribution in [2.24, 2.45) is 0 Å². The van der Waals surface area contributed by atoms with Gasteiger partial charge in [0.1, 0.15) is 5.75 Å². The zero-order valence-electron chi connectivity index (χ0n) is 19.2. The fourth-order valence-corrected chi connectivity index (χ4v) is 7.03. The van der Waals surface area contributed by atoms with Gasteiger partial charge in [0.05, 0.1) is 17.7 Å². The monoisotopic (exact) mass is 471 g/mol. The molecule has 2 heterocycles. The van der Waals surface area contributed by atoms with Crippen molar-refractivity contribution in [3.05, 3.63) is 58.0 Å². The lowest BCUT2D eigenvalue weighted by atomic mass is 10.0. The summed E-state index contributed by atoms with van der Waals surface area (Å²) in [5, 5.41) is 2.95. The molecule has 8 heteroatoms. The lowest BCUT2D eigenvalue weighted by Crippen LogP contribution is -2.49. The molecule has 0 N–H and O–H groups in total. The molecular formula is C24H29N3O3S2. The van der Waals surface area contributed by atoms with Crippen LogP contribution in [0.2, 0.25) is 0 Å². The number of hydrogen-bond donors (Lipinski definition) is 0. The number of sulfonamides is 1. The summed E-state index contributed by atoms with van der Waals surface area (Å²) in [7, 11) is -1.89. The van der Waals surface area contributed by atoms with E-state index in [0.29, 0.717) is 31.1 Å². The van der Waals surface area contributed by atoms with E-state index in [0.717, 1.165) is 44.4 Å². The zero-order chi connectivity index (χ0) is 23.0. The van der Waals surface area contributed by atoms with Gasteiger partial charge in [-0.05, 0) is 62.1 Å². The Hall–Kier alpha value is -2.42. The third-order valence-electron chi connectivity index (χ3n) is 6.26. The highest BCUT2D eigenvalue weighted by Gasteiger charge is 2.32. The first-order valence-corrected chi connectivity index (χ1v) is 13.0. The summed E-state index contributed by atoms with van der Waals surface area (Å²) in [6, 6.07) is 9.91. The first-order chi connectivity index (χ1) is 15.2. The Labute approximate surface area is 194 Å². The standard InChI is InChI=1S/C24H29N3O3S2/c1-16-13-17(2)19(4)23(18(16)3)32(28,29)27-11-9-26(10-12-27)24-25-22(15-31-24)20-7-6-8-21(14-20)30-5/h6-8,13-15H,9-12H2,1-5H3. The van der Waals surface area contributed by atoms with E-state index in [2.05, 4.69) is 11.0 Å². The second-order valence-electron chi connectivity index (χ2n) is 8.23. The molecule has 1 fully saturated rings. The molecule has 4 rings (SSSR count). The molecule has 1 saturated heterocycles. The number of aryl methyl sites for hydroxylation is 2. The summed E-state index contributed by atoms with van der Waals surface area (Å²) in [4.78, 5) is 7.44. The van der Waals surface area contributed by atoms with Crippen LogP contribution in [-0.4, -0.2) is 51.0 Å². The number of rotatable bonds is 5. The van der Waals surface area contributed by atoms with E-state index in [-0.39, 0.29) is 0 Å².